The number of aliphatic carboxylic acids is 1. The van der Waals surface area contributed by atoms with Gasteiger partial charge in [0.1, 0.15) is 12.6 Å². The van der Waals surface area contributed by atoms with Crippen LogP contribution in [0.25, 0.3) is 0 Å². The van der Waals surface area contributed by atoms with E-state index in [4.69, 9.17) is 14.2 Å². The minimum atomic E-state index is -1.12. The maximum Gasteiger partial charge on any atom is 0.306 e. The molecule has 0 bridgehead atoms. The summed E-state index contributed by atoms with van der Waals surface area (Å²) in [6.45, 7) is 4.58. The van der Waals surface area contributed by atoms with Crippen molar-refractivity contribution in [3.8, 4) is 0 Å². The van der Waals surface area contributed by atoms with Crippen LogP contribution in [-0.2, 0) is 28.6 Å². The molecule has 0 rings (SSSR count). The van der Waals surface area contributed by atoms with E-state index in [2.05, 4.69) is 62.5 Å². The van der Waals surface area contributed by atoms with E-state index in [1.165, 1.54) is 141 Å². The molecular weight excluding hydrogens is 811 g/mol. The van der Waals surface area contributed by atoms with E-state index in [0.717, 1.165) is 70.6 Å². The maximum absolute atomic E-state index is 12.8. The van der Waals surface area contributed by atoms with Gasteiger partial charge in [-0.25, -0.2) is 0 Å². The Labute approximate surface area is 401 Å². The number of carbonyl (C=O) groups excluding carboxylic acids is 3. The number of ether oxygens (including phenoxy) is 3. The molecule has 8 nitrogen and oxygen atoms in total. The number of carboxylic acids is 1. The monoisotopic (exact) mass is 914 g/mol. The Morgan fingerprint density at radius 2 is 0.862 bits per heavy atom. The standard InChI is InChI=1S/C57H103NO7/c1-6-8-10-12-14-16-18-20-22-24-26-27-28-29-30-32-34-36-38-40-42-44-46-48-56(60)65-53(51-63-50-49-54(57(61)62)58(3,4)5)52-64-55(59)47-45-43-41-39-37-35-33-31-25-23-21-19-17-15-13-11-9-7-2/h8,10,14,16,20,22,31,33,53-54H,6-7,9,11-13,15,17-19,21,23-30,32,34-52H2,1-5H3/b10-8+,16-14+,22-20+,33-31+. The number of likely N-dealkylation sites (N-methyl/N-ethyl adjacent to an activating group) is 1. The van der Waals surface area contributed by atoms with Crippen LogP contribution in [0.2, 0.25) is 0 Å². The van der Waals surface area contributed by atoms with Crippen molar-refractivity contribution >= 4 is 17.9 Å². The molecule has 0 heterocycles. The molecule has 0 fully saturated rings. The van der Waals surface area contributed by atoms with Gasteiger partial charge in [-0.3, -0.25) is 9.59 Å². The predicted octanol–water partition coefficient (Wildman–Crippen LogP) is 14.6. The SMILES string of the molecule is CC/C=C/C/C=C/C/C=C/CCCCCCCCCCCCCCCC(=O)OC(COCCC(C(=O)[O-])[N+](C)(C)C)COC(=O)CCCCCCC/C=C/CCCCCCCCCCC. The van der Waals surface area contributed by atoms with Gasteiger partial charge >= 0.3 is 11.9 Å². The van der Waals surface area contributed by atoms with E-state index in [-0.39, 0.29) is 42.7 Å². The summed E-state index contributed by atoms with van der Waals surface area (Å²) in [4.78, 5) is 37.1. The van der Waals surface area contributed by atoms with E-state index in [9.17, 15) is 19.5 Å². The minimum Gasteiger partial charge on any atom is -0.544 e. The number of quaternary nitrogens is 1. The van der Waals surface area contributed by atoms with Crippen LogP contribution in [0.4, 0.5) is 0 Å². The van der Waals surface area contributed by atoms with Gasteiger partial charge in [-0.15, -0.1) is 0 Å². The Kier molecular flexibility index (Phi) is 45.8. The summed E-state index contributed by atoms with van der Waals surface area (Å²) >= 11 is 0. The second-order valence-electron chi connectivity index (χ2n) is 19.4. The molecule has 0 aromatic carbocycles. The normalized spacial score (nSPS) is 13.2. The van der Waals surface area contributed by atoms with Crippen LogP contribution in [0, 0.1) is 0 Å². The highest BCUT2D eigenvalue weighted by atomic mass is 16.6. The summed E-state index contributed by atoms with van der Waals surface area (Å²) in [5, 5.41) is 11.7. The van der Waals surface area contributed by atoms with Gasteiger partial charge in [0.25, 0.3) is 0 Å². The van der Waals surface area contributed by atoms with Gasteiger partial charge in [0, 0.05) is 19.3 Å². The number of allylic oxidation sites excluding steroid dienone is 8. The molecule has 0 aliphatic carbocycles. The van der Waals surface area contributed by atoms with E-state index in [0.29, 0.717) is 12.8 Å². The van der Waals surface area contributed by atoms with Crippen LogP contribution in [-0.4, -0.2) is 75.5 Å². The highest BCUT2D eigenvalue weighted by Gasteiger charge is 2.25. The highest BCUT2D eigenvalue weighted by molar-refractivity contribution is 5.70. The lowest BCUT2D eigenvalue weighted by Gasteiger charge is -2.34. The fraction of sp³-hybridized carbons (Fsp3) is 0.807. The van der Waals surface area contributed by atoms with Gasteiger partial charge in [0.05, 0.1) is 40.3 Å². The number of esters is 2. The molecule has 0 amide bonds. The van der Waals surface area contributed by atoms with Crippen LogP contribution in [0.1, 0.15) is 245 Å². The molecule has 65 heavy (non-hydrogen) atoms. The van der Waals surface area contributed by atoms with Crippen molar-refractivity contribution in [2.75, 3.05) is 41.0 Å². The number of rotatable bonds is 49. The first kappa shape index (κ1) is 62.3. The number of hydrogen-bond donors (Lipinski definition) is 0. The van der Waals surface area contributed by atoms with E-state index in [1.54, 1.807) is 21.1 Å². The van der Waals surface area contributed by atoms with Gasteiger partial charge in [-0.1, -0.05) is 204 Å². The van der Waals surface area contributed by atoms with Gasteiger partial charge in [0.2, 0.25) is 0 Å². The summed E-state index contributed by atoms with van der Waals surface area (Å²) in [6, 6.07) is -0.728. The average Bonchev–Trinajstić information content (AvgIpc) is 3.27. The Morgan fingerprint density at radius 1 is 0.477 bits per heavy atom. The highest BCUT2D eigenvalue weighted by Crippen LogP contribution is 2.16. The minimum absolute atomic E-state index is 0.0390. The smallest absolute Gasteiger partial charge is 0.306 e. The van der Waals surface area contributed by atoms with Crippen molar-refractivity contribution in [3.05, 3.63) is 48.6 Å². The molecule has 0 N–H and O–H groups in total. The molecule has 378 valence electrons. The first-order valence-electron chi connectivity index (χ1n) is 27.2. The molecule has 2 unspecified atom stereocenters. The molecule has 0 radical (unpaired) electrons. The lowest BCUT2D eigenvalue weighted by atomic mass is 10.0. The fourth-order valence-electron chi connectivity index (χ4n) is 8.02. The van der Waals surface area contributed by atoms with E-state index in [1.807, 2.05) is 0 Å². The summed E-state index contributed by atoms with van der Waals surface area (Å²) in [5.41, 5.74) is 0. The molecule has 0 aliphatic heterocycles. The van der Waals surface area contributed by atoms with Gasteiger partial charge in [-0.2, -0.15) is 0 Å². The summed E-state index contributed by atoms with van der Waals surface area (Å²) in [5.74, 6) is -1.74. The Bertz CT molecular complexity index is 1200. The number of unbranched alkanes of at least 4 members (excludes halogenated alkanes) is 27. The fourth-order valence-corrected chi connectivity index (χ4v) is 8.02. The molecule has 0 aliphatic rings. The molecule has 0 aromatic rings. The zero-order valence-electron chi connectivity index (χ0n) is 43.2. The molecule has 0 aromatic heterocycles. The Morgan fingerprint density at radius 3 is 1.29 bits per heavy atom. The lowest BCUT2D eigenvalue weighted by Crippen LogP contribution is -2.55. The first-order valence-corrected chi connectivity index (χ1v) is 27.2. The maximum atomic E-state index is 12.8. The predicted molar refractivity (Wildman–Crippen MR) is 273 cm³/mol. The number of nitrogens with zero attached hydrogens (tertiary/aromatic N) is 1. The lowest BCUT2D eigenvalue weighted by molar-refractivity contribution is -0.889. The zero-order chi connectivity index (χ0) is 47.7. The summed E-state index contributed by atoms with van der Waals surface area (Å²) in [6.07, 6.45) is 58.6. The van der Waals surface area contributed by atoms with Crippen LogP contribution < -0.4 is 5.11 Å². The molecule has 0 saturated heterocycles. The number of carboxylic acid groups (broad SMARTS) is 1. The van der Waals surface area contributed by atoms with Crippen molar-refractivity contribution in [1.82, 2.24) is 0 Å². The zero-order valence-corrected chi connectivity index (χ0v) is 43.2. The number of carbonyl (C=O) groups is 3. The van der Waals surface area contributed by atoms with Crippen molar-refractivity contribution in [1.29, 1.82) is 0 Å². The average molecular weight is 914 g/mol. The third-order valence-corrected chi connectivity index (χ3v) is 12.2. The van der Waals surface area contributed by atoms with Crippen molar-refractivity contribution < 1.29 is 38.2 Å². The van der Waals surface area contributed by atoms with Crippen LogP contribution in [0.5, 0.6) is 0 Å². The van der Waals surface area contributed by atoms with Gasteiger partial charge in [-0.05, 0) is 70.6 Å². The van der Waals surface area contributed by atoms with Crippen molar-refractivity contribution in [2.24, 2.45) is 0 Å². The van der Waals surface area contributed by atoms with Crippen LogP contribution in [0.15, 0.2) is 48.6 Å². The third kappa shape index (κ3) is 46.2. The molecule has 2 atom stereocenters. The Hall–Kier alpha value is -2.71. The molecule has 0 spiro atoms. The van der Waals surface area contributed by atoms with Crippen molar-refractivity contribution in [3.63, 3.8) is 0 Å². The molecule has 8 heteroatoms. The van der Waals surface area contributed by atoms with Crippen molar-refractivity contribution in [2.45, 2.75) is 257 Å². The summed E-state index contributed by atoms with van der Waals surface area (Å²) < 4.78 is 17.3. The first-order chi connectivity index (χ1) is 31.6. The second-order valence-corrected chi connectivity index (χ2v) is 19.4. The van der Waals surface area contributed by atoms with Crippen LogP contribution >= 0.6 is 0 Å². The van der Waals surface area contributed by atoms with E-state index < -0.39 is 18.1 Å². The molecule has 0 saturated carbocycles. The number of hydrogen-bond acceptors (Lipinski definition) is 7. The second kappa shape index (κ2) is 47.8. The topological polar surface area (TPSA) is 102 Å². The largest absolute Gasteiger partial charge is 0.544 e. The quantitative estimate of drug-likeness (QED) is 0.0259. The van der Waals surface area contributed by atoms with E-state index >= 15 is 0 Å². The van der Waals surface area contributed by atoms with Gasteiger partial charge < -0.3 is 28.6 Å². The molecular formula is C57H103NO7. The van der Waals surface area contributed by atoms with Crippen LogP contribution in [0.3, 0.4) is 0 Å². The van der Waals surface area contributed by atoms with Gasteiger partial charge in [0.15, 0.2) is 6.10 Å². The summed E-state index contributed by atoms with van der Waals surface area (Å²) in [7, 11) is 5.42. The third-order valence-electron chi connectivity index (χ3n) is 12.2. The Balaban J connectivity index is 4.19.